The summed E-state index contributed by atoms with van der Waals surface area (Å²) in [6, 6.07) is 14.7. The van der Waals surface area contributed by atoms with E-state index in [0.717, 1.165) is 30.6 Å². The second-order valence-electron chi connectivity index (χ2n) is 22.6. The maximum Gasteiger partial charge on any atom is 0.0300 e. The molecule has 1 aromatic heterocycles. The van der Waals surface area contributed by atoms with Gasteiger partial charge in [-0.3, -0.25) is 4.98 Å². The molecular weight excluding hydrogens is 603 g/mol. The second-order valence-corrected chi connectivity index (χ2v) is 22.6. The Morgan fingerprint density at radius 1 is 0.560 bits per heavy atom. The number of rotatable bonds is 3. The third-order valence-corrected chi connectivity index (χ3v) is 8.65. The van der Waals surface area contributed by atoms with Crippen LogP contribution in [0.4, 0.5) is 0 Å². The highest BCUT2D eigenvalue weighted by Gasteiger charge is 2.33. The molecule has 0 N–H and O–H groups in total. The molecule has 0 spiro atoms. The van der Waals surface area contributed by atoms with Crippen LogP contribution in [0.15, 0.2) is 54.9 Å². The molecule has 0 radical (unpaired) electrons. The number of nitrogens with zero attached hydrogens (tertiary/aromatic N) is 1. The summed E-state index contributed by atoms with van der Waals surface area (Å²) < 4.78 is 0. The van der Waals surface area contributed by atoms with Crippen molar-refractivity contribution in [1.29, 1.82) is 0 Å². The molecular formula is C49H93N. The third-order valence-electron chi connectivity index (χ3n) is 8.65. The van der Waals surface area contributed by atoms with Crippen LogP contribution in [0.3, 0.4) is 0 Å². The van der Waals surface area contributed by atoms with Gasteiger partial charge in [-0.2, -0.15) is 0 Å². The lowest BCUT2D eigenvalue weighted by atomic mass is 9.84. The Bertz CT molecular complexity index is 966. The SMILES string of the molecule is CC(C)(C)C1CC1.CC(C)(C)Cc1ccccc1.CC(C)(C)Cc1cccnc1.CC(C)C(C)(C)C.CC(C)CC(C)(C)C.CCC(C)(C)C. The maximum atomic E-state index is 4.07. The summed E-state index contributed by atoms with van der Waals surface area (Å²) >= 11 is 0. The summed E-state index contributed by atoms with van der Waals surface area (Å²) in [4.78, 5) is 4.07. The van der Waals surface area contributed by atoms with Crippen LogP contribution in [0.1, 0.15) is 196 Å². The van der Waals surface area contributed by atoms with E-state index in [2.05, 4.69) is 201 Å². The van der Waals surface area contributed by atoms with Crippen molar-refractivity contribution in [2.45, 2.75) is 198 Å². The van der Waals surface area contributed by atoms with E-state index in [0.29, 0.717) is 32.5 Å². The summed E-state index contributed by atoms with van der Waals surface area (Å²) in [6.45, 7) is 52.1. The zero-order valence-corrected chi connectivity index (χ0v) is 38.6. The molecule has 0 atom stereocenters. The number of benzene rings is 1. The highest BCUT2D eigenvalue weighted by Crippen LogP contribution is 2.44. The van der Waals surface area contributed by atoms with E-state index in [-0.39, 0.29) is 0 Å². The van der Waals surface area contributed by atoms with Crippen LogP contribution in [-0.2, 0) is 12.8 Å². The van der Waals surface area contributed by atoms with Crippen molar-refractivity contribution in [1.82, 2.24) is 4.98 Å². The zero-order chi connectivity index (χ0) is 40.2. The van der Waals surface area contributed by atoms with E-state index < -0.39 is 0 Å². The topological polar surface area (TPSA) is 12.9 Å². The summed E-state index contributed by atoms with van der Waals surface area (Å²) in [6.07, 6.45) is 11.6. The molecule has 1 heterocycles. The monoisotopic (exact) mass is 696 g/mol. The quantitative estimate of drug-likeness (QED) is 0.311. The average molecular weight is 696 g/mol. The molecule has 1 heteroatoms. The smallest absolute Gasteiger partial charge is 0.0300 e. The van der Waals surface area contributed by atoms with Gasteiger partial charge >= 0.3 is 0 Å². The molecule has 0 unspecified atom stereocenters. The summed E-state index contributed by atoms with van der Waals surface area (Å²) in [5, 5.41) is 0. The lowest BCUT2D eigenvalue weighted by Gasteiger charge is -2.22. The van der Waals surface area contributed by atoms with Gasteiger partial charge in [0.05, 0.1) is 0 Å². The predicted molar refractivity (Wildman–Crippen MR) is 232 cm³/mol. The van der Waals surface area contributed by atoms with E-state index in [1.54, 1.807) is 0 Å². The van der Waals surface area contributed by atoms with Crippen molar-refractivity contribution in [2.24, 2.45) is 50.2 Å². The van der Waals surface area contributed by atoms with Gasteiger partial charge in [-0.25, -0.2) is 0 Å². The first kappa shape index (κ1) is 52.7. The van der Waals surface area contributed by atoms with Gasteiger partial charge in [0.1, 0.15) is 0 Å². The summed E-state index contributed by atoms with van der Waals surface area (Å²) in [7, 11) is 0. The molecule has 1 aliphatic carbocycles. The van der Waals surface area contributed by atoms with Crippen LogP contribution >= 0.6 is 0 Å². The van der Waals surface area contributed by atoms with Crippen molar-refractivity contribution in [3.8, 4) is 0 Å². The lowest BCUT2D eigenvalue weighted by molar-refractivity contribution is 0.283. The van der Waals surface area contributed by atoms with Gasteiger partial charge < -0.3 is 0 Å². The second kappa shape index (κ2) is 23.8. The average Bonchev–Trinajstić information content (AvgIpc) is 3.74. The van der Waals surface area contributed by atoms with Crippen molar-refractivity contribution < 1.29 is 0 Å². The molecule has 294 valence electrons. The van der Waals surface area contributed by atoms with Gasteiger partial charge in [-0.1, -0.05) is 202 Å². The molecule has 50 heavy (non-hydrogen) atoms. The fourth-order valence-electron chi connectivity index (χ4n) is 4.50. The van der Waals surface area contributed by atoms with E-state index in [4.69, 9.17) is 0 Å². The Morgan fingerprint density at radius 2 is 0.940 bits per heavy atom. The Balaban J connectivity index is -0.000000539. The minimum absolute atomic E-state index is 0.364. The molecule has 3 rings (SSSR count). The maximum absolute atomic E-state index is 4.07. The van der Waals surface area contributed by atoms with E-state index >= 15 is 0 Å². The molecule has 0 bridgehead atoms. The van der Waals surface area contributed by atoms with Gasteiger partial charge in [0.15, 0.2) is 0 Å². The number of aromatic nitrogens is 1. The third kappa shape index (κ3) is 42.5. The van der Waals surface area contributed by atoms with Crippen LogP contribution in [0, 0.1) is 50.2 Å². The number of hydrogen-bond acceptors (Lipinski definition) is 1. The first-order chi connectivity index (χ1) is 22.2. The molecule has 0 aliphatic heterocycles. The first-order valence-electron chi connectivity index (χ1n) is 20.1. The highest BCUT2D eigenvalue weighted by molar-refractivity contribution is 5.15. The van der Waals surface area contributed by atoms with Gasteiger partial charge in [0.25, 0.3) is 0 Å². The standard InChI is InChI=1S/C11H16.C10H15N.C8H18.C7H14.C7H16.C6H14/c1-11(2,3)9-10-7-5-4-6-8-10;1-10(2,3)7-9-5-4-6-11-8-9;1-7(2)6-8(3,4)5;1-7(2,3)6-4-5-6;1-6(2)7(3,4)5;1-5-6(2,3)4/h4-8H,9H2,1-3H3;4-6,8H,7H2,1-3H3;7H,6H2,1-5H3;6H,4-5H2,1-3H3;6H,1-5H3;5H2,1-4H3. The number of hydrogen-bond donors (Lipinski definition) is 0. The van der Waals surface area contributed by atoms with Crippen molar-refractivity contribution in [3.05, 3.63) is 66.0 Å². The van der Waals surface area contributed by atoms with Crippen molar-refractivity contribution in [2.75, 3.05) is 0 Å². The summed E-state index contributed by atoms with van der Waals surface area (Å²) in [5.41, 5.74) is 5.69. The molecule has 1 aromatic carbocycles. The van der Waals surface area contributed by atoms with Gasteiger partial charge in [-0.15, -0.1) is 0 Å². The number of pyridine rings is 1. The fourth-order valence-corrected chi connectivity index (χ4v) is 4.50. The molecule has 0 saturated heterocycles. The van der Waals surface area contributed by atoms with Crippen LogP contribution in [0.2, 0.25) is 0 Å². The normalized spacial score (nSPS) is 13.5. The molecule has 1 aliphatic rings. The Labute approximate surface area is 318 Å². The largest absolute Gasteiger partial charge is 0.264 e. The summed E-state index contributed by atoms with van der Waals surface area (Å²) in [5.74, 6) is 2.69. The van der Waals surface area contributed by atoms with Gasteiger partial charge in [0, 0.05) is 12.4 Å². The van der Waals surface area contributed by atoms with Gasteiger partial charge in [-0.05, 0) is 99.5 Å². The predicted octanol–water partition coefficient (Wildman–Crippen LogP) is 16.6. The van der Waals surface area contributed by atoms with E-state index in [9.17, 15) is 0 Å². The first-order valence-corrected chi connectivity index (χ1v) is 20.1. The molecule has 1 saturated carbocycles. The van der Waals surface area contributed by atoms with Crippen LogP contribution < -0.4 is 0 Å². The molecule has 1 fully saturated rings. The minimum atomic E-state index is 0.364. The lowest BCUT2D eigenvalue weighted by Crippen LogP contribution is -2.12. The van der Waals surface area contributed by atoms with E-state index in [1.165, 1.54) is 36.8 Å². The highest BCUT2D eigenvalue weighted by atomic mass is 14.6. The van der Waals surface area contributed by atoms with E-state index in [1.807, 2.05) is 18.5 Å². The van der Waals surface area contributed by atoms with Crippen LogP contribution in [0.25, 0.3) is 0 Å². The molecule has 2 aromatic rings. The zero-order valence-electron chi connectivity index (χ0n) is 38.6. The Kier molecular flexibility index (Phi) is 25.1. The van der Waals surface area contributed by atoms with Crippen LogP contribution in [0.5, 0.6) is 0 Å². The Hall–Kier alpha value is -1.63. The fraction of sp³-hybridized carbons (Fsp3) is 0.776. The van der Waals surface area contributed by atoms with Crippen LogP contribution in [-0.4, -0.2) is 4.98 Å². The van der Waals surface area contributed by atoms with Crippen molar-refractivity contribution in [3.63, 3.8) is 0 Å². The van der Waals surface area contributed by atoms with Crippen molar-refractivity contribution >= 4 is 0 Å². The Morgan fingerprint density at radius 3 is 1.14 bits per heavy atom. The molecule has 0 amide bonds. The van der Waals surface area contributed by atoms with Gasteiger partial charge in [0.2, 0.25) is 0 Å². The molecule has 1 nitrogen and oxygen atoms in total. The minimum Gasteiger partial charge on any atom is -0.264 e.